The van der Waals surface area contributed by atoms with Crippen LogP contribution >= 0.6 is 22.9 Å². The SMILES string of the molecule is Cc1nc2cnc(NC3CCN(CC(C)(F)F)CC3)c(C#N)c2c(=O)n1CC#Cc1ccc(Cl)cc1-c1ccnc2c(C(=O)O)csc12. The molecule has 0 unspecified atom stereocenters. The van der Waals surface area contributed by atoms with E-state index in [1.54, 1.807) is 47.7 Å². The van der Waals surface area contributed by atoms with Gasteiger partial charge in [0.1, 0.15) is 23.3 Å². The van der Waals surface area contributed by atoms with E-state index < -0.39 is 17.5 Å². The number of hydrogen-bond donors (Lipinski definition) is 2. The number of nitriles is 1. The smallest absolute Gasteiger partial charge is 0.338 e. The monoisotopic (exact) mass is 687 g/mol. The molecular formula is C34H28ClF2N7O3S. The van der Waals surface area contributed by atoms with Gasteiger partial charge < -0.3 is 10.4 Å². The molecule has 48 heavy (non-hydrogen) atoms. The van der Waals surface area contributed by atoms with Gasteiger partial charge in [0.05, 0.1) is 46.0 Å². The van der Waals surface area contributed by atoms with Crippen LogP contribution in [0.2, 0.25) is 5.02 Å². The normalized spacial score (nSPS) is 14.1. The summed E-state index contributed by atoms with van der Waals surface area (Å²) in [4.78, 5) is 40.4. The molecule has 14 heteroatoms. The fourth-order valence-electron chi connectivity index (χ4n) is 5.90. The van der Waals surface area contributed by atoms with Crippen LogP contribution in [0.15, 0.2) is 46.8 Å². The molecule has 0 radical (unpaired) electrons. The zero-order valence-electron chi connectivity index (χ0n) is 25.9. The van der Waals surface area contributed by atoms with Gasteiger partial charge in [0.25, 0.3) is 11.5 Å². The number of thiophene rings is 1. The Labute approximate surface area is 282 Å². The Balaban J connectivity index is 1.30. The Morgan fingerprint density at radius 2 is 2.00 bits per heavy atom. The number of pyridine rings is 2. The molecule has 0 aliphatic carbocycles. The van der Waals surface area contributed by atoms with Crippen molar-refractivity contribution in [2.24, 2.45) is 0 Å². The molecule has 5 aromatic rings. The summed E-state index contributed by atoms with van der Waals surface area (Å²) in [5, 5.41) is 25.1. The molecule has 1 fully saturated rings. The standard InChI is InChI=1S/C34H28ClF2N7O3S/c1-19-41-27-16-40-31(42-22-8-12-43(13-9-22)18-34(2,36)37)25(15-38)28(27)32(45)44(19)11-3-4-20-5-6-21(35)14-24(20)23-7-10-39-29-26(33(46)47)17-48-30(23)29/h5-7,10,14,16-17,22H,8-9,11-13,18H2,1-2H3,(H,40,42)(H,46,47). The molecule has 6 rings (SSSR count). The number of halogens is 3. The molecule has 0 saturated carbocycles. The van der Waals surface area contributed by atoms with E-state index in [1.807, 2.05) is 0 Å². The Kier molecular flexibility index (Phi) is 9.12. The van der Waals surface area contributed by atoms with Crippen molar-refractivity contribution in [3.63, 3.8) is 0 Å². The first-order valence-corrected chi connectivity index (χ1v) is 16.2. The third kappa shape index (κ3) is 6.71. The maximum Gasteiger partial charge on any atom is 0.338 e. The number of aromatic nitrogens is 4. The third-order valence-electron chi connectivity index (χ3n) is 8.15. The summed E-state index contributed by atoms with van der Waals surface area (Å²) in [7, 11) is 0. The molecular weight excluding hydrogens is 660 g/mol. The number of nitrogens with one attached hydrogen (secondary N) is 1. The highest BCUT2D eigenvalue weighted by atomic mass is 35.5. The number of hydrogen-bond acceptors (Lipinski definition) is 9. The molecule has 0 spiro atoms. The zero-order chi connectivity index (χ0) is 34.2. The summed E-state index contributed by atoms with van der Waals surface area (Å²) in [5.74, 6) is 2.98. The second kappa shape index (κ2) is 13.3. The van der Waals surface area contributed by atoms with Crippen molar-refractivity contribution in [3.05, 3.63) is 79.9 Å². The lowest BCUT2D eigenvalue weighted by molar-refractivity contribution is -0.0193. The number of fused-ring (bicyclic) bond motifs is 2. The van der Waals surface area contributed by atoms with Crippen LogP contribution in [0, 0.1) is 30.1 Å². The van der Waals surface area contributed by atoms with Gasteiger partial charge in [0.15, 0.2) is 0 Å². The Morgan fingerprint density at radius 1 is 1.23 bits per heavy atom. The number of likely N-dealkylation sites (tertiary alicyclic amines) is 1. The van der Waals surface area contributed by atoms with Crippen molar-refractivity contribution in [2.45, 2.75) is 45.2 Å². The van der Waals surface area contributed by atoms with Crippen LogP contribution < -0.4 is 10.9 Å². The topological polar surface area (TPSA) is 137 Å². The highest BCUT2D eigenvalue weighted by Crippen LogP contribution is 2.36. The number of anilines is 1. The lowest BCUT2D eigenvalue weighted by Gasteiger charge is -2.34. The molecule has 1 aromatic carbocycles. The van der Waals surface area contributed by atoms with Gasteiger partial charge in [-0.05, 0) is 44.0 Å². The van der Waals surface area contributed by atoms with Gasteiger partial charge in [-0.15, -0.1) is 11.3 Å². The summed E-state index contributed by atoms with van der Waals surface area (Å²) in [6.07, 6.45) is 4.15. The molecule has 0 amide bonds. The van der Waals surface area contributed by atoms with Crippen molar-refractivity contribution in [1.29, 1.82) is 5.26 Å². The van der Waals surface area contributed by atoms with Crippen LogP contribution in [0.3, 0.4) is 0 Å². The maximum atomic E-state index is 13.8. The average molecular weight is 688 g/mol. The molecule has 1 saturated heterocycles. The van der Waals surface area contributed by atoms with E-state index in [9.17, 15) is 28.7 Å². The van der Waals surface area contributed by atoms with E-state index in [0.717, 1.165) is 12.5 Å². The number of carboxylic acid groups (broad SMARTS) is 1. The molecule has 1 aliphatic heterocycles. The lowest BCUT2D eigenvalue weighted by Crippen LogP contribution is -2.43. The van der Waals surface area contributed by atoms with Gasteiger partial charge in [-0.1, -0.05) is 23.4 Å². The summed E-state index contributed by atoms with van der Waals surface area (Å²) in [5.41, 5.74) is 2.40. The molecule has 5 heterocycles. The quantitative estimate of drug-likeness (QED) is 0.192. The number of carboxylic acids is 1. The molecule has 10 nitrogen and oxygen atoms in total. The first-order chi connectivity index (χ1) is 22.9. The second-order valence-corrected chi connectivity index (χ2v) is 13.0. The van der Waals surface area contributed by atoms with Gasteiger partial charge in [-0.25, -0.2) is 23.5 Å². The third-order valence-corrected chi connectivity index (χ3v) is 9.39. The predicted molar refractivity (Wildman–Crippen MR) is 181 cm³/mol. The second-order valence-electron chi connectivity index (χ2n) is 11.7. The van der Waals surface area contributed by atoms with Gasteiger partial charge in [0.2, 0.25) is 0 Å². The van der Waals surface area contributed by atoms with Crippen molar-refractivity contribution in [1.82, 2.24) is 24.4 Å². The van der Waals surface area contributed by atoms with E-state index >= 15 is 0 Å². The van der Waals surface area contributed by atoms with Crippen LogP contribution in [0.5, 0.6) is 0 Å². The number of benzene rings is 1. The minimum absolute atomic E-state index is 0.0277. The van der Waals surface area contributed by atoms with Gasteiger partial charge >= 0.3 is 5.97 Å². The van der Waals surface area contributed by atoms with Crippen molar-refractivity contribution in [2.75, 3.05) is 25.0 Å². The Hall–Kier alpha value is -4.95. The summed E-state index contributed by atoms with van der Waals surface area (Å²) < 4.78 is 29.0. The van der Waals surface area contributed by atoms with E-state index in [1.165, 1.54) is 22.1 Å². The predicted octanol–water partition coefficient (Wildman–Crippen LogP) is 6.18. The van der Waals surface area contributed by atoms with Crippen LogP contribution in [0.4, 0.5) is 14.6 Å². The maximum absolute atomic E-state index is 13.8. The van der Waals surface area contributed by atoms with Crippen LogP contribution in [0.1, 0.15) is 47.1 Å². The molecule has 244 valence electrons. The van der Waals surface area contributed by atoms with Crippen LogP contribution in [-0.4, -0.2) is 67.1 Å². The van der Waals surface area contributed by atoms with Crippen LogP contribution in [0.25, 0.3) is 32.2 Å². The number of carbonyl (C=O) groups is 1. The first kappa shape index (κ1) is 33.0. The molecule has 0 bridgehead atoms. The Morgan fingerprint density at radius 3 is 2.71 bits per heavy atom. The summed E-state index contributed by atoms with van der Waals surface area (Å²) in [6, 6.07) is 8.99. The zero-order valence-corrected chi connectivity index (χ0v) is 27.4. The van der Waals surface area contributed by atoms with Crippen LogP contribution in [-0.2, 0) is 6.54 Å². The minimum Gasteiger partial charge on any atom is -0.478 e. The van der Waals surface area contributed by atoms with Gasteiger partial charge in [-0.3, -0.25) is 19.2 Å². The largest absolute Gasteiger partial charge is 0.478 e. The van der Waals surface area contributed by atoms with E-state index in [2.05, 4.69) is 38.2 Å². The summed E-state index contributed by atoms with van der Waals surface area (Å²) >= 11 is 7.63. The Bertz CT molecular complexity index is 2240. The number of piperidine rings is 1. The first-order valence-electron chi connectivity index (χ1n) is 15.0. The van der Waals surface area contributed by atoms with Crippen molar-refractivity contribution < 1.29 is 18.7 Å². The van der Waals surface area contributed by atoms with E-state index in [4.69, 9.17) is 11.6 Å². The highest BCUT2D eigenvalue weighted by molar-refractivity contribution is 7.18. The van der Waals surface area contributed by atoms with E-state index in [-0.39, 0.29) is 47.0 Å². The number of aromatic carboxylic acids is 1. The number of alkyl halides is 2. The number of nitrogens with zero attached hydrogens (tertiary/aromatic N) is 6. The highest BCUT2D eigenvalue weighted by Gasteiger charge is 2.29. The van der Waals surface area contributed by atoms with Crippen molar-refractivity contribution in [3.8, 4) is 29.0 Å². The van der Waals surface area contributed by atoms with Crippen molar-refractivity contribution >= 4 is 55.8 Å². The fraction of sp³-hybridized carbons (Fsp3) is 0.294. The molecule has 2 N–H and O–H groups in total. The van der Waals surface area contributed by atoms with E-state index in [0.29, 0.717) is 58.1 Å². The average Bonchev–Trinajstić information content (AvgIpc) is 3.48. The summed E-state index contributed by atoms with van der Waals surface area (Å²) in [6.45, 7) is 3.19. The molecule has 0 atom stereocenters. The molecule has 4 aromatic heterocycles. The number of rotatable bonds is 7. The lowest BCUT2D eigenvalue weighted by atomic mass is 10.00. The molecule has 1 aliphatic rings. The fourth-order valence-corrected chi connectivity index (χ4v) is 7.10. The van der Waals surface area contributed by atoms with Gasteiger partial charge in [-0.2, -0.15) is 5.26 Å². The van der Waals surface area contributed by atoms with Gasteiger partial charge in [0, 0.05) is 59.3 Å². The number of aryl methyl sites for hydroxylation is 1. The minimum atomic E-state index is -2.77.